The second kappa shape index (κ2) is 22.0. The highest BCUT2D eigenvalue weighted by atomic mass is 16.8. The first-order valence-corrected chi connectivity index (χ1v) is 19.9. The van der Waals surface area contributed by atoms with Crippen molar-refractivity contribution in [3.63, 3.8) is 0 Å². The molecule has 0 aliphatic carbocycles. The molecular formula is C46H46O17. The first-order chi connectivity index (χ1) is 30.4. The zero-order chi connectivity index (χ0) is 44.9. The van der Waals surface area contributed by atoms with Crippen LogP contribution in [-0.2, 0) is 68.4 Å². The van der Waals surface area contributed by atoms with E-state index in [1.165, 1.54) is 36.4 Å². The van der Waals surface area contributed by atoms with Gasteiger partial charge >= 0.3 is 35.8 Å². The summed E-state index contributed by atoms with van der Waals surface area (Å²) in [6.45, 7) is 2.06. The van der Waals surface area contributed by atoms with Crippen molar-refractivity contribution < 1.29 is 81.2 Å². The van der Waals surface area contributed by atoms with Gasteiger partial charge in [-0.15, -0.1) is 0 Å². The van der Waals surface area contributed by atoms with Crippen LogP contribution in [-0.4, -0.2) is 116 Å². The Morgan fingerprint density at radius 2 is 0.905 bits per heavy atom. The van der Waals surface area contributed by atoms with Crippen molar-refractivity contribution in [3.05, 3.63) is 144 Å². The van der Waals surface area contributed by atoms with E-state index in [0.29, 0.717) is 5.56 Å². The number of carbonyl (C=O) groups is 6. The van der Waals surface area contributed by atoms with Crippen LogP contribution in [0.5, 0.6) is 0 Å². The fourth-order valence-electron chi connectivity index (χ4n) is 6.88. The number of aliphatic hydroxyl groups is 1. The Kier molecular flexibility index (Phi) is 16.1. The average Bonchev–Trinajstić information content (AvgIpc) is 3.28. The third-order valence-electron chi connectivity index (χ3n) is 9.73. The fraction of sp³-hybridized carbons (Fsp3) is 0.348. The van der Waals surface area contributed by atoms with Crippen molar-refractivity contribution in [2.45, 2.75) is 88.8 Å². The van der Waals surface area contributed by atoms with Crippen LogP contribution in [0.1, 0.15) is 57.4 Å². The van der Waals surface area contributed by atoms with Crippen molar-refractivity contribution in [1.82, 2.24) is 0 Å². The summed E-state index contributed by atoms with van der Waals surface area (Å²) in [6.07, 6.45) is -16.3. The highest BCUT2D eigenvalue weighted by molar-refractivity contribution is 5.91. The van der Waals surface area contributed by atoms with Crippen molar-refractivity contribution >= 4 is 35.8 Å². The largest absolute Gasteiger partial charge is 0.463 e. The summed E-state index contributed by atoms with van der Waals surface area (Å²) in [5.41, 5.74) is 0.998. The van der Waals surface area contributed by atoms with Crippen LogP contribution in [0.15, 0.2) is 121 Å². The predicted molar refractivity (Wildman–Crippen MR) is 215 cm³/mol. The number of hydrogen-bond acceptors (Lipinski definition) is 17. The molecule has 4 aromatic carbocycles. The molecule has 0 bridgehead atoms. The minimum Gasteiger partial charge on any atom is -0.463 e. The van der Waals surface area contributed by atoms with E-state index in [1.807, 2.05) is 0 Å². The fourth-order valence-corrected chi connectivity index (χ4v) is 6.88. The van der Waals surface area contributed by atoms with Gasteiger partial charge in [0.1, 0.15) is 31.5 Å². The lowest BCUT2D eigenvalue weighted by atomic mass is 9.96. The zero-order valence-electron chi connectivity index (χ0n) is 34.4. The Hall–Kier alpha value is -6.50. The van der Waals surface area contributed by atoms with Gasteiger partial charge in [-0.25, -0.2) is 14.4 Å². The van der Waals surface area contributed by atoms with Gasteiger partial charge < -0.3 is 52.5 Å². The maximum absolute atomic E-state index is 13.9. The summed E-state index contributed by atoms with van der Waals surface area (Å²) >= 11 is 0. The smallest absolute Gasteiger partial charge is 0.338 e. The summed E-state index contributed by atoms with van der Waals surface area (Å²) in [7, 11) is 0. The Morgan fingerprint density at radius 1 is 0.476 bits per heavy atom. The molecule has 63 heavy (non-hydrogen) atoms. The zero-order valence-corrected chi connectivity index (χ0v) is 34.4. The molecule has 0 saturated carbocycles. The summed E-state index contributed by atoms with van der Waals surface area (Å²) in [5.74, 6) is -4.97. The highest BCUT2D eigenvalue weighted by Crippen LogP contribution is 2.35. The predicted octanol–water partition coefficient (Wildman–Crippen LogP) is 4.13. The van der Waals surface area contributed by atoms with E-state index in [1.54, 1.807) is 84.9 Å². The number of ether oxygens (including phenoxy) is 10. The summed E-state index contributed by atoms with van der Waals surface area (Å²) in [5, 5.41) is 11.9. The summed E-state index contributed by atoms with van der Waals surface area (Å²) < 4.78 is 59.4. The van der Waals surface area contributed by atoms with Gasteiger partial charge in [0.05, 0.1) is 23.3 Å². The lowest BCUT2D eigenvalue weighted by molar-refractivity contribution is -0.365. The van der Waals surface area contributed by atoms with Crippen LogP contribution < -0.4 is 0 Å². The van der Waals surface area contributed by atoms with Gasteiger partial charge in [0.2, 0.25) is 0 Å². The Bertz CT molecular complexity index is 2150. The van der Waals surface area contributed by atoms with E-state index in [4.69, 9.17) is 47.4 Å². The molecule has 10 atom stereocenters. The second-order valence-corrected chi connectivity index (χ2v) is 14.4. The summed E-state index contributed by atoms with van der Waals surface area (Å²) in [6, 6.07) is 32.4. The minimum absolute atomic E-state index is 0.0657. The van der Waals surface area contributed by atoms with Gasteiger partial charge in [-0.1, -0.05) is 84.9 Å². The van der Waals surface area contributed by atoms with E-state index < -0.39 is 110 Å². The van der Waals surface area contributed by atoms with E-state index in [9.17, 15) is 33.9 Å². The number of esters is 6. The number of benzene rings is 4. The van der Waals surface area contributed by atoms with Gasteiger partial charge in [0.25, 0.3) is 0 Å². The summed E-state index contributed by atoms with van der Waals surface area (Å²) in [4.78, 5) is 78.1. The molecule has 2 saturated heterocycles. The number of carbonyl (C=O) groups excluding carboxylic acids is 6. The standard InChI is InChI=1S/C46H46O17/c1-27(47)54-25-35-36(57-28(2)48)39(58-29(3)49)41(55-24-30-16-8-4-9-17-30)46(60-35)63-40-38(62-44(52)33-22-14-7-15-23-33)37(61-43(51)32-20-12-6-13-21-32)34(59-45(40)53)26-56-42(50)31-18-10-5-11-19-31/h4-23,34-41,45-46,53H,24-26H2,1-3H3/t34-,35-,36-,37-,38+,39+,40-,41-,45+,46-/m1/s1. The normalized spacial score (nSPS) is 25.4. The van der Waals surface area contributed by atoms with Crippen LogP contribution in [0.25, 0.3) is 0 Å². The van der Waals surface area contributed by atoms with E-state index in [0.717, 1.165) is 20.8 Å². The van der Waals surface area contributed by atoms with Crippen LogP contribution in [0.4, 0.5) is 0 Å². The molecule has 0 spiro atoms. The molecule has 0 radical (unpaired) electrons. The van der Waals surface area contributed by atoms with Crippen LogP contribution in [0, 0.1) is 0 Å². The quantitative estimate of drug-likeness (QED) is 0.124. The third-order valence-corrected chi connectivity index (χ3v) is 9.73. The molecule has 17 nitrogen and oxygen atoms in total. The Morgan fingerprint density at radius 3 is 1.43 bits per heavy atom. The Labute approximate surface area is 362 Å². The molecule has 1 N–H and O–H groups in total. The molecule has 17 heteroatoms. The molecule has 332 valence electrons. The van der Waals surface area contributed by atoms with Gasteiger partial charge in [-0.3, -0.25) is 14.4 Å². The van der Waals surface area contributed by atoms with E-state index >= 15 is 0 Å². The molecule has 0 amide bonds. The maximum Gasteiger partial charge on any atom is 0.338 e. The molecule has 6 rings (SSSR count). The third kappa shape index (κ3) is 12.6. The number of aliphatic hydroxyl groups excluding tert-OH is 1. The van der Waals surface area contributed by atoms with E-state index in [-0.39, 0.29) is 23.3 Å². The molecular weight excluding hydrogens is 824 g/mol. The van der Waals surface area contributed by atoms with Crippen LogP contribution >= 0.6 is 0 Å². The lowest BCUT2D eigenvalue weighted by Crippen LogP contribution is -2.67. The van der Waals surface area contributed by atoms with E-state index in [2.05, 4.69) is 0 Å². The van der Waals surface area contributed by atoms with Crippen molar-refractivity contribution in [1.29, 1.82) is 0 Å². The first kappa shape index (κ1) is 46.0. The molecule has 2 aliphatic rings. The van der Waals surface area contributed by atoms with Crippen LogP contribution in [0.3, 0.4) is 0 Å². The van der Waals surface area contributed by atoms with Gasteiger partial charge in [-0.2, -0.15) is 0 Å². The van der Waals surface area contributed by atoms with Crippen molar-refractivity contribution in [2.24, 2.45) is 0 Å². The molecule has 0 unspecified atom stereocenters. The van der Waals surface area contributed by atoms with Gasteiger partial charge in [-0.05, 0) is 42.0 Å². The topological polar surface area (TPSA) is 215 Å². The highest BCUT2D eigenvalue weighted by Gasteiger charge is 2.57. The molecule has 2 heterocycles. The molecule has 2 fully saturated rings. The van der Waals surface area contributed by atoms with Gasteiger partial charge in [0, 0.05) is 20.8 Å². The van der Waals surface area contributed by atoms with Crippen molar-refractivity contribution in [3.8, 4) is 0 Å². The minimum atomic E-state index is -2.05. The SMILES string of the molecule is CC(=O)OC[C@H]1O[C@H](O[C@@H]2[C@@H](OC(=O)c3ccccc3)[C@H](OC(=O)c3ccccc3)[C@@H](COC(=O)c3ccccc3)O[C@@H]2O)[C@H](OCc2ccccc2)[C@@H](OC(C)=O)[C@@H]1OC(C)=O. The number of hydrogen-bond donors (Lipinski definition) is 1. The number of rotatable bonds is 16. The molecule has 2 aliphatic heterocycles. The first-order valence-electron chi connectivity index (χ1n) is 19.9. The van der Waals surface area contributed by atoms with Gasteiger partial charge in [0.15, 0.2) is 43.1 Å². The maximum atomic E-state index is 13.9. The Balaban J connectivity index is 1.42. The molecule has 4 aromatic rings. The van der Waals surface area contributed by atoms with Crippen LogP contribution in [0.2, 0.25) is 0 Å². The van der Waals surface area contributed by atoms with Crippen molar-refractivity contribution in [2.75, 3.05) is 13.2 Å². The average molecular weight is 871 g/mol. The second-order valence-electron chi connectivity index (χ2n) is 14.4. The lowest BCUT2D eigenvalue weighted by Gasteiger charge is -2.48. The molecule has 0 aromatic heterocycles. The monoisotopic (exact) mass is 870 g/mol.